The molecule has 7 nitrogen and oxygen atoms in total. The molecular weight excluding hydrogens is 487 g/mol. The number of halogens is 1. The molecule has 1 saturated heterocycles. The van der Waals surface area contributed by atoms with Gasteiger partial charge in [-0.25, -0.2) is 9.69 Å². The zero-order valence-corrected chi connectivity index (χ0v) is 18.3. The Kier molecular flexibility index (Phi) is 6.21. The van der Waals surface area contributed by atoms with Crippen molar-refractivity contribution < 1.29 is 23.9 Å². The zero-order valence-electron chi connectivity index (χ0n) is 16.1. The van der Waals surface area contributed by atoms with Crippen molar-refractivity contribution in [1.82, 2.24) is 5.32 Å². The standard InChI is InChI=1S/C21H19IN2O5/c1-4-29-17-11-13(10-15(22)18(17)28-3)9-14-19(25)23-21(27)24(20(14)26)16-8-6-5-7-12(16)2/h5-11H,4H2,1-3H3,(H,23,25,27)/b14-9+. The van der Waals surface area contributed by atoms with Crippen LogP contribution in [-0.2, 0) is 9.59 Å². The van der Waals surface area contributed by atoms with Crippen molar-refractivity contribution >= 4 is 52.2 Å². The van der Waals surface area contributed by atoms with Crippen LogP contribution in [0.2, 0.25) is 0 Å². The number of nitrogens with one attached hydrogen (secondary N) is 1. The van der Waals surface area contributed by atoms with Gasteiger partial charge in [-0.1, -0.05) is 18.2 Å². The molecule has 0 unspecified atom stereocenters. The molecule has 1 fully saturated rings. The Morgan fingerprint density at radius 1 is 1.17 bits per heavy atom. The summed E-state index contributed by atoms with van der Waals surface area (Å²) >= 11 is 2.09. The Balaban J connectivity index is 2.06. The highest BCUT2D eigenvalue weighted by Crippen LogP contribution is 2.35. The first-order chi connectivity index (χ1) is 13.9. The third-order valence-corrected chi connectivity index (χ3v) is 5.11. The highest BCUT2D eigenvalue weighted by Gasteiger charge is 2.37. The number of rotatable bonds is 5. The summed E-state index contributed by atoms with van der Waals surface area (Å²) in [5.74, 6) is -0.347. The van der Waals surface area contributed by atoms with Crippen molar-refractivity contribution in [3.8, 4) is 11.5 Å². The molecular formula is C21H19IN2O5. The summed E-state index contributed by atoms with van der Waals surface area (Å²) in [4.78, 5) is 38.8. The minimum Gasteiger partial charge on any atom is -0.492 e. The summed E-state index contributed by atoms with van der Waals surface area (Å²) in [7, 11) is 1.54. The minimum absolute atomic E-state index is 0.142. The number of anilines is 1. The average molecular weight is 506 g/mol. The number of methoxy groups -OCH3 is 1. The molecule has 150 valence electrons. The van der Waals surface area contributed by atoms with Crippen LogP contribution in [0, 0.1) is 10.5 Å². The van der Waals surface area contributed by atoms with Crippen LogP contribution in [0.15, 0.2) is 42.0 Å². The molecule has 29 heavy (non-hydrogen) atoms. The van der Waals surface area contributed by atoms with Crippen LogP contribution >= 0.6 is 22.6 Å². The average Bonchev–Trinajstić information content (AvgIpc) is 2.67. The Labute approximate surface area is 181 Å². The second kappa shape index (κ2) is 8.64. The summed E-state index contributed by atoms with van der Waals surface area (Å²) in [5.41, 5.74) is 1.60. The van der Waals surface area contributed by atoms with E-state index >= 15 is 0 Å². The lowest BCUT2D eigenvalue weighted by Gasteiger charge is -2.27. The number of hydrogen-bond acceptors (Lipinski definition) is 5. The van der Waals surface area contributed by atoms with Gasteiger partial charge in [0.05, 0.1) is 23.0 Å². The normalized spacial score (nSPS) is 15.5. The molecule has 1 aliphatic rings. The number of aryl methyl sites for hydroxylation is 1. The van der Waals surface area contributed by atoms with Gasteiger partial charge in [0.15, 0.2) is 11.5 Å². The van der Waals surface area contributed by atoms with Crippen molar-refractivity contribution in [3.63, 3.8) is 0 Å². The molecule has 8 heteroatoms. The summed E-state index contributed by atoms with van der Waals surface area (Å²) in [6.07, 6.45) is 1.44. The SMILES string of the molecule is CCOc1cc(/C=C2\C(=O)NC(=O)N(c3ccccc3C)C2=O)cc(I)c1OC. The summed E-state index contributed by atoms with van der Waals surface area (Å²) < 4.78 is 11.7. The fourth-order valence-electron chi connectivity index (χ4n) is 2.99. The molecule has 0 radical (unpaired) electrons. The van der Waals surface area contributed by atoms with Gasteiger partial charge in [0.2, 0.25) is 0 Å². The number of barbiturate groups is 1. The van der Waals surface area contributed by atoms with Gasteiger partial charge < -0.3 is 9.47 Å². The smallest absolute Gasteiger partial charge is 0.335 e. The first-order valence-corrected chi connectivity index (χ1v) is 9.92. The van der Waals surface area contributed by atoms with Crippen LogP contribution in [0.4, 0.5) is 10.5 Å². The number of ether oxygens (including phenoxy) is 2. The first-order valence-electron chi connectivity index (χ1n) is 8.84. The van der Waals surface area contributed by atoms with E-state index in [1.54, 1.807) is 44.4 Å². The van der Waals surface area contributed by atoms with E-state index < -0.39 is 17.8 Å². The number of nitrogens with zero attached hydrogens (tertiary/aromatic N) is 1. The molecule has 2 aromatic rings. The Morgan fingerprint density at radius 3 is 2.55 bits per heavy atom. The van der Waals surface area contributed by atoms with Gasteiger partial charge in [0, 0.05) is 0 Å². The highest BCUT2D eigenvalue weighted by molar-refractivity contribution is 14.1. The lowest BCUT2D eigenvalue weighted by atomic mass is 10.1. The van der Waals surface area contributed by atoms with E-state index in [-0.39, 0.29) is 5.57 Å². The molecule has 2 aromatic carbocycles. The molecule has 0 aromatic heterocycles. The van der Waals surface area contributed by atoms with Crippen molar-refractivity contribution in [3.05, 3.63) is 56.7 Å². The maximum atomic E-state index is 13.0. The Hall–Kier alpha value is -2.88. The third-order valence-electron chi connectivity index (χ3n) is 4.30. The predicted octanol–water partition coefficient (Wildman–Crippen LogP) is 3.67. The maximum Gasteiger partial charge on any atom is 0.335 e. The molecule has 0 aliphatic carbocycles. The molecule has 3 rings (SSSR count). The number of amides is 4. The van der Waals surface area contributed by atoms with Crippen LogP contribution in [0.1, 0.15) is 18.1 Å². The number of benzene rings is 2. The van der Waals surface area contributed by atoms with Gasteiger partial charge in [0.1, 0.15) is 5.57 Å². The number of carbonyl (C=O) groups is 3. The van der Waals surface area contributed by atoms with Crippen molar-refractivity contribution in [1.29, 1.82) is 0 Å². The van der Waals surface area contributed by atoms with E-state index in [9.17, 15) is 14.4 Å². The number of hydrogen-bond donors (Lipinski definition) is 1. The van der Waals surface area contributed by atoms with Gasteiger partial charge in [-0.3, -0.25) is 14.9 Å². The van der Waals surface area contributed by atoms with Crippen molar-refractivity contribution in [2.75, 3.05) is 18.6 Å². The fourth-order valence-corrected chi connectivity index (χ4v) is 3.84. The zero-order chi connectivity index (χ0) is 21.1. The topological polar surface area (TPSA) is 84.9 Å². The largest absolute Gasteiger partial charge is 0.492 e. The van der Waals surface area contributed by atoms with E-state index in [2.05, 4.69) is 27.9 Å². The van der Waals surface area contributed by atoms with Crippen LogP contribution < -0.4 is 19.7 Å². The van der Waals surface area contributed by atoms with Gasteiger partial charge in [-0.05, 0) is 71.8 Å². The molecule has 0 saturated carbocycles. The fraction of sp³-hybridized carbons (Fsp3) is 0.190. The highest BCUT2D eigenvalue weighted by atomic mass is 127. The van der Waals surface area contributed by atoms with Crippen molar-refractivity contribution in [2.24, 2.45) is 0 Å². The third kappa shape index (κ3) is 4.12. The van der Waals surface area contributed by atoms with E-state index in [0.29, 0.717) is 29.4 Å². The minimum atomic E-state index is -0.772. The summed E-state index contributed by atoms with van der Waals surface area (Å²) in [6.45, 7) is 4.07. The van der Waals surface area contributed by atoms with E-state index in [0.717, 1.165) is 14.0 Å². The second-order valence-corrected chi connectivity index (χ2v) is 7.37. The molecule has 1 N–H and O–H groups in total. The van der Waals surface area contributed by atoms with E-state index in [1.165, 1.54) is 6.08 Å². The molecule has 0 bridgehead atoms. The van der Waals surface area contributed by atoms with Gasteiger partial charge >= 0.3 is 6.03 Å². The van der Waals surface area contributed by atoms with Crippen LogP contribution in [0.25, 0.3) is 6.08 Å². The summed E-state index contributed by atoms with van der Waals surface area (Å²) in [5, 5.41) is 2.23. The molecule has 0 atom stereocenters. The summed E-state index contributed by atoms with van der Waals surface area (Å²) in [6, 6.07) is 9.66. The Bertz CT molecular complexity index is 1030. The van der Waals surface area contributed by atoms with Crippen LogP contribution in [-0.4, -0.2) is 31.6 Å². The predicted molar refractivity (Wildman–Crippen MR) is 117 cm³/mol. The first kappa shape index (κ1) is 20.8. The van der Waals surface area contributed by atoms with E-state index in [4.69, 9.17) is 9.47 Å². The number of carbonyl (C=O) groups excluding carboxylic acids is 3. The molecule has 1 heterocycles. The quantitative estimate of drug-likeness (QED) is 0.380. The lowest BCUT2D eigenvalue weighted by Crippen LogP contribution is -2.54. The maximum absolute atomic E-state index is 13.0. The molecule has 4 amide bonds. The van der Waals surface area contributed by atoms with Crippen LogP contribution in [0.5, 0.6) is 11.5 Å². The lowest BCUT2D eigenvalue weighted by molar-refractivity contribution is -0.122. The second-order valence-electron chi connectivity index (χ2n) is 6.21. The molecule has 0 spiro atoms. The van der Waals surface area contributed by atoms with Gasteiger partial charge in [-0.2, -0.15) is 0 Å². The van der Waals surface area contributed by atoms with Gasteiger partial charge in [-0.15, -0.1) is 0 Å². The Morgan fingerprint density at radius 2 is 1.90 bits per heavy atom. The van der Waals surface area contributed by atoms with E-state index in [1.807, 2.05) is 13.0 Å². The number of imide groups is 2. The van der Waals surface area contributed by atoms with Gasteiger partial charge in [0.25, 0.3) is 11.8 Å². The monoisotopic (exact) mass is 506 g/mol. The molecule has 1 aliphatic heterocycles. The van der Waals surface area contributed by atoms with Crippen molar-refractivity contribution in [2.45, 2.75) is 13.8 Å². The number of urea groups is 1. The number of para-hydroxylation sites is 1. The van der Waals surface area contributed by atoms with Crippen LogP contribution in [0.3, 0.4) is 0 Å².